The molecule has 1 aromatic heterocycles. The molecule has 1 aliphatic rings. The number of anilines is 2. The second-order valence-electron chi connectivity index (χ2n) is 4.70. The maximum Gasteiger partial charge on any atom is 0.313 e. The van der Waals surface area contributed by atoms with Gasteiger partial charge in [-0.1, -0.05) is 17.8 Å². The topological polar surface area (TPSA) is 71.2 Å². The Bertz CT molecular complexity index is 703. The number of fused-ring (bicyclic) bond motifs is 1. The molecule has 3 rings (SSSR count). The van der Waals surface area contributed by atoms with Crippen molar-refractivity contribution in [1.82, 2.24) is 14.8 Å². The number of aromatic nitrogens is 3. The van der Waals surface area contributed by atoms with Gasteiger partial charge in [-0.25, -0.2) is 4.39 Å². The lowest BCUT2D eigenvalue weighted by atomic mass is 10.2. The number of benzene rings is 1. The summed E-state index contributed by atoms with van der Waals surface area (Å²) in [7, 11) is 1.77. The molecule has 110 valence electrons. The average molecular weight is 308 g/mol. The van der Waals surface area contributed by atoms with Crippen LogP contribution in [0.2, 0.25) is 0 Å². The maximum atomic E-state index is 13.4. The number of halogens is 1. The lowest BCUT2D eigenvalue weighted by Gasteiger charge is -2.17. The quantitative estimate of drug-likeness (QED) is 0.869. The molecule has 1 aromatic carbocycles. The van der Waals surface area contributed by atoms with E-state index in [0.29, 0.717) is 17.6 Å². The van der Waals surface area contributed by atoms with Gasteiger partial charge >= 0.3 is 5.97 Å². The van der Waals surface area contributed by atoms with Gasteiger partial charge in [-0.15, -0.1) is 10.2 Å². The van der Waals surface area contributed by atoms with Crippen LogP contribution in [-0.2, 0) is 18.3 Å². The molecular weight excluding hydrogens is 295 g/mol. The first-order chi connectivity index (χ1) is 10.1. The number of aliphatic carboxylic acids is 1. The van der Waals surface area contributed by atoms with Gasteiger partial charge in [0.2, 0.25) is 5.95 Å². The van der Waals surface area contributed by atoms with Gasteiger partial charge in [0, 0.05) is 19.3 Å². The maximum absolute atomic E-state index is 13.4. The van der Waals surface area contributed by atoms with Crippen molar-refractivity contribution < 1.29 is 14.3 Å². The van der Waals surface area contributed by atoms with E-state index >= 15 is 0 Å². The first-order valence-electron chi connectivity index (χ1n) is 6.36. The minimum absolute atomic E-state index is 0.0722. The van der Waals surface area contributed by atoms with Gasteiger partial charge in [-0.05, 0) is 24.1 Å². The van der Waals surface area contributed by atoms with Crippen LogP contribution in [0.3, 0.4) is 0 Å². The Kier molecular flexibility index (Phi) is 3.54. The normalized spacial score (nSPS) is 13.5. The predicted octanol–water partition coefficient (Wildman–Crippen LogP) is 1.83. The standard InChI is InChI=1S/C13H13FN4O2S/c1-17-12(15-16-13(17)21-7-11(19)20)18-5-4-8-2-3-9(14)6-10(8)18/h2-3,6H,4-5,7H2,1H3,(H,19,20). The van der Waals surface area contributed by atoms with E-state index in [1.165, 1.54) is 12.1 Å². The first kappa shape index (κ1) is 13.9. The Balaban J connectivity index is 1.90. The van der Waals surface area contributed by atoms with Gasteiger partial charge in [-0.2, -0.15) is 0 Å². The van der Waals surface area contributed by atoms with Gasteiger partial charge < -0.3 is 10.0 Å². The Labute approximate surface area is 124 Å². The summed E-state index contributed by atoms with van der Waals surface area (Å²) in [5.74, 6) is -0.675. The lowest BCUT2D eigenvalue weighted by Crippen LogP contribution is -2.17. The molecule has 0 fully saturated rings. The molecule has 6 nitrogen and oxygen atoms in total. The van der Waals surface area contributed by atoms with Crippen LogP contribution in [0.15, 0.2) is 23.4 Å². The monoisotopic (exact) mass is 308 g/mol. The summed E-state index contributed by atoms with van der Waals surface area (Å²) in [5.41, 5.74) is 1.86. The van der Waals surface area contributed by atoms with Crippen molar-refractivity contribution in [2.45, 2.75) is 11.6 Å². The summed E-state index contributed by atoms with van der Waals surface area (Å²) < 4.78 is 15.2. The van der Waals surface area contributed by atoms with Crippen LogP contribution < -0.4 is 4.90 Å². The molecule has 1 aliphatic heterocycles. The molecular formula is C13H13FN4O2S. The Morgan fingerprint density at radius 2 is 2.29 bits per heavy atom. The van der Waals surface area contributed by atoms with Crippen LogP contribution in [0.4, 0.5) is 16.0 Å². The highest BCUT2D eigenvalue weighted by Gasteiger charge is 2.25. The van der Waals surface area contributed by atoms with Crippen LogP contribution in [0.5, 0.6) is 0 Å². The fraction of sp³-hybridized carbons (Fsp3) is 0.308. The number of rotatable bonds is 4. The molecule has 2 heterocycles. The van der Waals surface area contributed by atoms with E-state index in [9.17, 15) is 9.18 Å². The van der Waals surface area contributed by atoms with E-state index in [1.54, 1.807) is 17.7 Å². The van der Waals surface area contributed by atoms with E-state index in [1.807, 2.05) is 4.90 Å². The molecule has 8 heteroatoms. The summed E-state index contributed by atoms with van der Waals surface area (Å²) in [4.78, 5) is 12.5. The molecule has 2 aromatic rings. The van der Waals surface area contributed by atoms with Crippen molar-refractivity contribution in [1.29, 1.82) is 0 Å². The van der Waals surface area contributed by atoms with Crippen LogP contribution in [0.25, 0.3) is 0 Å². The summed E-state index contributed by atoms with van der Waals surface area (Å²) >= 11 is 1.11. The SMILES string of the molecule is Cn1c(SCC(=O)O)nnc1N1CCc2ccc(F)cc21. The van der Waals surface area contributed by atoms with Gasteiger partial charge in [-0.3, -0.25) is 9.36 Å². The van der Waals surface area contributed by atoms with Crippen molar-refractivity contribution in [3.63, 3.8) is 0 Å². The van der Waals surface area contributed by atoms with E-state index in [-0.39, 0.29) is 11.6 Å². The van der Waals surface area contributed by atoms with Gasteiger partial charge in [0.1, 0.15) is 5.82 Å². The van der Waals surface area contributed by atoms with Gasteiger partial charge in [0.25, 0.3) is 0 Å². The largest absolute Gasteiger partial charge is 0.481 e. The summed E-state index contributed by atoms with van der Waals surface area (Å²) in [6.07, 6.45) is 0.820. The average Bonchev–Trinajstić information content (AvgIpc) is 3.00. The second-order valence-corrected chi connectivity index (χ2v) is 5.64. The Morgan fingerprint density at radius 3 is 3.05 bits per heavy atom. The zero-order valence-electron chi connectivity index (χ0n) is 11.3. The lowest BCUT2D eigenvalue weighted by molar-refractivity contribution is -0.133. The fourth-order valence-corrected chi connectivity index (χ4v) is 2.98. The van der Waals surface area contributed by atoms with E-state index < -0.39 is 5.97 Å². The highest BCUT2D eigenvalue weighted by atomic mass is 32.2. The number of hydrogen-bond acceptors (Lipinski definition) is 5. The third-order valence-electron chi connectivity index (χ3n) is 3.32. The molecule has 0 amide bonds. The summed E-state index contributed by atoms with van der Waals surface area (Å²) in [6.45, 7) is 0.703. The minimum Gasteiger partial charge on any atom is -0.481 e. The highest BCUT2D eigenvalue weighted by Crippen LogP contribution is 2.34. The number of carboxylic acids is 1. The molecule has 0 aliphatic carbocycles. The fourth-order valence-electron chi connectivity index (χ4n) is 2.35. The number of carboxylic acid groups (broad SMARTS) is 1. The van der Waals surface area contributed by atoms with Gasteiger partial charge in [0.05, 0.1) is 5.75 Å². The number of hydrogen-bond donors (Lipinski definition) is 1. The predicted molar refractivity (Wildman–Crippen MR) is 76.5 cm³/mol. The Hall–Kier alpha value is -2.09. The first-order valence-corrected chi connectivity index (χ1v) is 7.35. The van der Waals surface area contributed by atoms with Crippen LogP contribution >= 0.6 is 11.8 Å². The van der Waals surface area contributed by atoms with E-state index in [4.69, 9.17) is 5.11 Å². The van der Waals surface area contributed by atoms with Crippen LogP contribution in [0.1, 0.15) is 5.56 Å². The van der Waals surface area contributed by atoms with Crippen molar-refractivity contribution in [2.24, 2.45) is 7.05 Å². The van der Waals surface area contributed by atoms with Crippen molar-refractivity contribution in [3.05, 3.63) is 29.6 Å². The van der Waals surface area contributed by atoms with Gasteiger partial charge in [0.15, 0.2) is 5.16 Å². The molecule has 0 spiro atoms. The number of carbonyl (C=O) groups is 1. The number of nitrogens with zero attached hydrogens (tertiary/aromatic N) is 4. The molecule has 0 radical (unpaired) electrons. The molecule has 0 saturated carbocycles. The van der Waals surface area contributed by atoms with Crippen molar-refractivity contribution in [3.8, 4) is 0 Å². The van der Waals surface area contributed by atoms with Crippen LogP contribution in [0, 0.1) is 5.82 Å². The Morgan fingerprint density at radius 1 is 1.48 bits per heavy atom. The zero-order chi connectivity index (χ0) is 15.0. The minimum atomic E-state index is -0.905. The molecule has 0 saturated heterocycles. The third-order valence-corrected chi connectivity index (χ3v) is 4.33. The summed E-state index contributed by atoms with van der Waals surface area (Å²) in [6, 6.07) is 4.72. The third kappa shape index (κ3) is 2.58. The zero-order valence-corrected chi connectivity index (χ0v) is 12.1. The molecule has 1 N–H and O–H groups in total. The van der Waals surface area contributed by atoms with Crippen LogP contribution in [-0.4, -0.2) is 38.1 Å². The van der Waals surface area contributed by atoms with Crippen molar-refractivity contribution >= 4 is 29.4 Å². The molecule has 0 atom stereocenters. The molecule has 0 bridgehead atoms. The second kappa shape index (κ2) is 5.36. The molecule has 0 unspecified atom stereocenters. The highest BCUT2D eigenvalue weighted by molar-refractivity contribution is 7.99. The van der Waals surface area contributed by atoms with E-state index in [2.05, 4.69) is 10.2 Å². The molecule has 21 heavy (non-hydrogen) atoms. The number of thioether (sulfide) groups is 1. The smallest absolute Gasteiger partial charge is 0.313 e. The van der Waals surface area contributed by atoms with E-state index in [0.717, 1.165) is 29.4 Å². The summed E-state index contributed by atoms with van der Waals surface area (Å²) in [5, 5.41) is 17.4. The van der Waals surface area contributed by atoms with Crippen molar-refractivity contribution in [2.75, 3.05) is 17.2 Å².